The second kappa shape index (κ2) is 6.22. The van der Waals surface area contributed by atoms with Crippen molar-refractivity contribution in [1.29, 1.82) is 0 Å². The van der Waals surface area contributed by atoms with Gasteiger partial charge in [0, 0.05) is 12.8 Å². The molecule has 0 aliphatic heterocycles. The van der Waals surface area contributed by atoms with Crippen LogP contribution in [-0.4, -0.2) is 5.78 Å². The fourth-order valence-corrected chi connectivity index (χ4v) is 1.26. The lowest BCUT2D eigenvalue weighted by atomic mass is 10.0. The molecule has 0 atom stereocenters. The van der Waals surface area contributed by atoms with Gasteiger partial charge in [0.2, 0.25) is 0 Å². The van der Waals surface area contributed by atoms with E-state index >= 15 is 0 Å². The van der Waals surface area contributed by atoms with E-state index in [1.807, 2.05) is 0 Å². The highest BCUT2D eigenvalue weighted by Crippen LogP contribution is 2.09. The summed E-state index contributed by atoms with van der Waals surface area (Å²) in [6.45, 7) is 8.60. The summed E-state index contributed by atoms with van der Waals surface area (Å²) < 4.78 is 0. The third kappa shape index (κ3) is 7.77. The van der Waals surface area contributed by atoms with Crippen molar-refractivity contribution in [2.45, 2.75) is 53.4 Å². The molecule has 0 bridgehead atoms. The van der Waals surface area contributed by atoms with Crippen molar-refractivity contribution in [3.63, 3.8) is 0 Å². The number of ketones is 1. The van der Waals surface area contributed by atoms with Gasteiger partial charge in [-0.3, -0.25) is 4.79 Å². The molecule has 12 heavy (non-hydrogen) atoms. The van der Waals surface area contributed by atoms with Crippen LogP contribution in [0.15, 0.2) is 0 Å². The minimum atomic E-state index is 0.436. The van der Waals surface area contributed by atoms with Crippen LogP contribution >= 0.6 is 0 Å². The number of carbonyl (C=O) groups excluding carboxylic acids is 1. The van der Waals surface area contributed by atoms with Gasteiger partial charge < -0.3 is 0 Å². The summed E-state index contributed by atoms with van der Waals surface area (Å²) in [5, 5.41) is 0. The zero-order valence-corrected chi connectivity index (χ0v) is 8.89. The Morgan fingerprint density at radius 3 is 2.08 bits per heavy atom. The van der Waals surface area contributed by atoms with Gasteiger partial charge in [0.1, 0.15) is 5.78 Å². The van der Waals surface area contributed by atoms with Gasteiger partial charge in [-0.05, 0) is 18.3 Å². The molecule has 0 radical (unpaired) electrons. The molecule has 0 fully saturated rings. The molecule has 0 aromatic rings. The van der Waals surface area contributed by atoms with Crippen LogP contribution in [0, 0.1) is 11.8 Å². The maximum Gasteiger partial charge on any atom is 0.133 e. The highest BCUT2D eigenvalue weighted by molar-refractivity contribution is 5.78. The van der Waals surface area contributed by atoms with Crippen LogP contribution in [0.2, 0.25) is 0 Å². The molecule has 0 aliphatic rings. The summed E-state index contributed by atoms with van der Waals surface area (Å²) in [6.07, 6.45) is 3.81. The summed E-state index contributed by atoms with van der Waals surface area (Å²) >= 11 is 0. The van der Waals surface area contributed by atoms with Gasteiger partial charge in [-0.25, -0.2) is 0 Å². The van der Waals surface area contributed by atoms with Crippen LogP contribution in [0.3, 0.4) is 0 Å². The quantitative estimate of drug-likeness (QED) is 0.597. The molecular weight excluding hydrogens is 148 g/mol. The molecule has 0 heterocycles. The van der Waals surface area contributed by atoms with Crippen molar-refractivity contribution < 1.29 is 4.79 Å². The molecule has 0 aromatic heterocycles. The Balaban J connectivity index is 3.32. The van der Waals surface area contributed by atoms with E-state index in [0.717, 1.165) is 25.2 Å². The molecule has 0 N–H and O–H groups in total. The average molecular weight is 170 g/mol. The highest BCUT2D eigenvalue weighted by Gasteiger charge is 2.04. The number of Topliss-reactive ketones (excluding diaryl/α,β-unsaturated/α-hetero) is 1. The highest BCUT2D eigenvalue weighted by atomic mass is 16.1. The Labute approximate surface area is 76.6 Å². The molecule has 0 rings (SSSR count). The third-order valence-corrected chi connectivity index (χ3v) is 1.87. The molecule has 0 amide bonds. The fourth-order valence-electron chi connectivity index (χ4n) is 1.26. The standard InChI is InChI=1S/C11H22O/c1-9(2)6-5-7-11(12)8-10(3)4/h9-10H,5-8H2,1-4H3. The van der Waals surface area contributed by atoms with Gasteiger partial charge in [-0.15, -0.1) is 0 Å². The van der Waals surface area contributed by atoms with E-state index in [9.17, 15) is 4.79 Å². The largest absolute Gasteiger partial charge is 0.300 e. The van der Waals surface area contributed by atoms with Crippen molar-refractivity contribution in [1.82, 2.24) is 0 Å². The second-order valence-electron chi connectivity index (χ2n) is 4.42. The Hall–Kier alpha value is -0.330. The predicted octanol–water partition coefficient (Wildman–Crippen LogP) is 3.43. The van der Waals surface area contributed by atoms with Crippen molar-refractivity contribution in [2.24, 2.45) is 11.8 Å². The van der Waals surface area contributed by atoms with Crippen LogP contribution in [0.4, 0.5) is 0 Å². The summed E-state index contributed by atoms with van der Waals surface area (Å²) in [5.74, 6) is 1.69. The molecule has 1 nitrogen and oxygen atoms in total. The molecule has 0 saturated heterocycles. The van der Waals surface area contributed by atoms with Crippen LogP contribution in [-0.2, 0) is 4.79 Å². The molecule has 0 aromatic carbocycles. The van der Waals surface area contributed by atoms with E-state index in [1.54, 1.807) is 0 Å². The second-order valence-corrected chi connectivity index (χ2v) is 4.42. The maximum atomic E-state index is 11.2. The molecule has 0 aliphatic carbocycles. The minimum absolute atomic E-state index is 0.436. The van der Waals surface area contributed by atoms with E-state index in [1.165, 1.54) is 6.42 Å². The molecule has 72 valence electrons. The average Bonchev–Trinajstić information content (AvgIpc) is 1.84. The summed E-state index contributed by atoms with van der Waals surface area (Å²) in [6, 6.07) is 0. The van der Waals surface area contributed by atoms with E-state index in [2.05, 4.69) is 27.7 Å². The first kappa shape index (κ1) is 11.7. The summed E-state index contributed by atoms with van der Waals surface area (Å²) in [7, 11) is 0. The van der Waals surface area contributed by atoms with Crippen molar-refractivity contribution >= 4 is 5.78 Å². The lowest BCUT2D eigenvalue weighted by Crippen LogP contribution is -2.03. The number of hydrogen-bond donors (Lipinski definition) is 0. The Kier molecular flexibility index (Phi) is 6.04. The van der Waals surface area contributed by atoms with Gasteiger partial charge in [0.25, 0.3) is 0 Å². The summed E-state index contributed by atoms with van der Waals surface area (Å²) in [5.41, 5.74) is 0. The van der Waals surface area contributed by atoms with Crippen LogP contribution < -0.4 is 0 Å². The van der Waals surface area contributed by atoms with E-state index in [4.69, 9.17) is 0 Å². The van der Waals surface area contributed by atoms with Crippen molar-refractivity contribution in [3.05, 3.63) is 0 Å². The van der Waals surface area contributed by atoms with Gasteiger partial charge in [-0.2, -0.15) is 0 Å². The lowest BCUT2D eigenvalue weighted by Gasteiger charge is -2.05. The smallest absolute Gasteiger partial charge is 0.133 e. The Morgan fingerprint density at radius 2 is 1.67 bits per heavy atom. The first-order valence-corrected chi connectivity index (χ1v) is 5.04. The molecule has 1 heteroatoms. The number of hydrogen-bond acceptors (Lipinski definition) is 1. The topological polar surface area (TPSA) is 17.1 Å². The van der Waals surface area contributed by atoms with E-state index in [-0.39, 0.29) is 0 Å². The number of carbonyl (C=O) groups is 1. The first-order valence-electron chi connectivity index (χ1n) is 5.04. The van der Waals surface area contributed by atoms with E-state index in [0.29, 0.717) is 11.7 Å². The molecule has 0 unspecified atom stereocenters. The zero-order chi connectivity index (χ0) is 9.56. The van der Waals surface area contributed by atoms with Gasteiger partial charge in [0.15, 0.2) is 0 Å². The van der Waals surface area contributed by atoms with Gasteiger partial charge in [-0.1, -0.05) is 34.1 Å². The molecule has 0 spiro atoms. The SMILES string of the molecule is CC(C)CCCC(=O)CC(C)C. The third-order valence-electron chi connectivity index (χ3n) is 1.87. The number of rotatable bonds is 6. The zero-order valence-electron chi connectivity index (χ0n) is 8.89. The van der Waals surface area contributed by atoms with Crippen LogP contribution in [0.1, 0.15) is 53.4 Å². The van der Waals surface area contributed by atoms with Gasteiger partial charge in [0.05, 0.1) is 0 Å². The molecular formula is C11H22O. The lowest BCUT2D eigenvalue weighted by molar-refractivity contribution is -0.119. The maximum absolute atomic E-state index is 11.2. The Morgan fingerprint density at radius 1 is 1.08 bits per heavy atom. The van der Waals surface area contributed by atoms with Crippen molar-refractivity contribution in [3.8, 4) is 0 Å². The van der Waals surface area contributed by atoms with Crippen LogP contribution in [0.25, 0.3) is 0 Å². The normalized spacial score (nSPS) is 11.2. The first-order chi connectivity index (χ1) is 5.52. The minimum Gasteiger partial charge on any atom is -0.300 e. The molecule has 0 saturated carbocycles. The fraction of sp³-hybridized carbons (Fsp3) is 0.909. The van der Waals surface area contributed by atoms with Crippen LogP contribution in [0.5, 0.6) is 0 Å². The van der Waals surface area contributed by atoms with Gasteiger partial charge >= 0.3 is 0 Å². The Bertz CT molecular complexity index is 125. The monoisotopic (exact) mass is 170 g/mol. The van der Waals surface area contributed by atoms with Crippen molar-refractivity contribution in [2.75, 3.05) is 0 Å². The predicted molar refractivity (Wildman–Crippen MR) is 53.2 cm³/mol. The van der Waals surface area contributed by atoms with E-state index < -0.39 is 0 Å². The summed E-state index contributed by atoms with van der Waals surface area (Å²) in [4.78, 5) is 11.2.